The molecule has 1 N–H and O–H groups in total. The molecule has 2 aromatic heterocycles. The highest BCUT2D eigenvalue weighted by molar-refractivity contribution is 7.14. The molecule has 1 aliphatic rings. The standard InChI is InChI=1S/C19H24N2O3S2/c1-12-5-3-4-6-16(12)21-18(23)13(2)24-17(22)9-15-11-26-19(20-15)14-7-8-25-10-14/h7-8,10-13,16H,3-6,9H2,1-2H3,(H,21,23)/t12-,13+,16-/m0/s1. The Kier molecular flexibility index (Phi) is 6.43. The van der Waals surface area contributed by atoms with Gasteiger partial charge >= 0.3 is 5.97 Å². The summed E-state index contributed by atoms with van der Waals surface area (Å²) in [5, 5.41) is 9.82. The van der Waals surface area contributed by atoms with Crippen LogP contribution in [0.1, 0.15) is 45.2 Å². The molecule has 3 atom stereocenters. The van der Waals surface area contributed by atoms with Crippen molar-refractivity contribution in [3.8, 4) is 10.6 Å². The summed E-state index contributed by atoms with van der Waals surface area (Å²) in [6, 6.07) is 2.19. The van der Waals surface area contributed by atoms with Crippen LogP contribution in [0.15, 0.2) is 22.2 Å². The first-order valence-electron chi connectivity index (χ1n) is 8.99. The van der Waals surface area contributed by atoms with E-state index < -0.39 is 12.1 Å². The molecule has 1 amide bonds. The number of aromatic nitrogens is 1. The van der Waals surface area contributed by atoms with Crippen LogP contribution < -0.4 is 5.32 Å². The summed E-state index contributed by atoms with van der Waals surface area (Å²) in [5.41, 5.74) is 1.74. The SMILES string of the molecule is C[C@@H](OC(=O)Cc1csc(-c2ccsc2)n1)C(=O)N[C@H]1CCCC[C@@H]1C. The van der Waals surface area contributed by atoms with E-state index in [-0.39, 0.29) is 18.4 Å². The number of amides is 1. The molecule has 1 fully saturated rings. The van der Waals surface area contributed by atoms with Crippen molar-refractivity contribution in [3.05, 3.63) is 27.9 Å². The van der Waals surface area contributed by atoms with Crippen LogP contribution in [0.2, 0.25) is 0 Å². The third-order valence-electron chi connectivity index (χ3n) is 4.76. The van der Waals surface area contributed by atoms with Crippen LogP contribution in [0.4, 0.5) is 0 Å². The Morgan fingerprint density at radius 1 is 1.35 bits per heavy atom. The van der Waals surface area contributed by atoms with Gasteiger partial charge in [-0.2, -0.15) is 11.3 Å². The van der Waals surface area contributed by atoms with Gasteiger partial charge < -0.3 is 10.1 Å². The first kappa shape index (κ1) is 19.0. The van der Waals surface area contributed by atoms with Crippen LogP contribution in [-0.4, -0.2) is 29.0 Å². The third kappa shape index (κ3) is 4.92. The second-order valence-corrected chi connectivity index (χ2v) is 8.48. The van der Waals surface area contributed by atoms with Gasteiger partial charge in [0.2, 0.25) is 0 Å². The van der Waals surface area contributed by atoms with Crippen molar-refractivity contribution >= 4 is 34.6 Å². The van der Waals surface area contributed by atoms with Gasteiger partial charge in [0.15, 0.2) is 6.10 Å². The first-order valence-corrected chi connectivity index (χ1v) is 10.8. The molecule has 140 valence electrons. The molecule has 0 aromatic carbocycles. The number of thiazole rings is 1. The van der Waals surface area contributed by atoms with Crippen molar-refractivity contribution in [1.29, 1.82) is 0 Å². The second-order valence-electron chi connectivity index (χ2n) is 6.84. The number of carbonyl (C=O) groups excluding carboxylic acids is 2. The lowest BCUT2D eigenvalue weighted by Crippen LogP contribution is -2.46. The maximum atomic E-state index is 12.3. The van der Waals surface area contributed by atoms with Gasteiger partial charge in [-0.15, -0.1) is 11.3 Å². The minimum Gasteiger partial charge on any atom is -0.452 e. The molecule has 26 heavy (non-hydrogen) atoms. The van der Waals surface area contributed by atoms with Gasteiger partial charge in [0.1, 0.15) is 5.01 Å². The van der Waals surface area contributed by atoms with Crippen LogP contribution in [0.5, 0.6) is 0 Å². The zero-order valence-corrected chi connectivity index (χ0v) is 16.7. The van der Waals surface area contributed by atoms with E-state index in [9.17, 15) is 9.59 Å². The first-order chi connectivity index (χ1) is 12.5. The fraction of sp³-hybridized carbons (Fsp3) is 0.526. The molecule has 0 spiro atoms. The van der Waals surface area contributed by atoms with E-state index in [0.29, 0.717) is 11.6 Å². The van der Waals surface area contributed by atoms with Crippen molar-refractivity contribution in [2.45, 2.75) is 58.1 Å². The minimum atomic E-state index is -0.786. The highest BCUT2D eigenvalue weighted by Gasteiger charge is 2.26. The molecule has 1 saturated carbocycles. The van der Waals surface area contributed by atoms with Crippen LogP contribution >= 0.6 is 22.7 Å². The Bertz CT molecular complexity index is 742. The van der Waals surface area contributed by atoms with Crippen molar-refractivity contribution in [3.63, 3.8) is 0 Å². The van der Waals surface area contributed by atoms with E-state index in [1.807, 2.05) is 22.2 Å². The number of rotatable bonds is 6. The predicted molar refractivity (Wildman–Crippen MR) is 104 cm³/mol. The number of esters is 1. The normalized spacial score (nSPS) is 21.2. The fourth-order valence-corrected chi connectivity index (χ4v) is 4.71. The minimum absolute atomic E-state index is 0.0814. The third-order valence-corrected chi connectivity index (χ3v) is 6.39. The molecule has 0 saturated heterocycles. The summed E-state index contributed by atoms with van der Waals surface area (Å²) in [6.07, 6.45) is 3.79. The molecule has 3 rings (SSSR count). The maximum absolute atomic E-state index is 12.3. The Morgan fingerprint density at radius 3 is 2.88 bits per heavy atom. The number of nitrogens with zero attached hydrogens (tertiary/aromatic N) is 1. The summed E-state index contributed by atoms with van der Waals surface area (Å²) in [4.78, 5) is 28.9. The molecule has 5 nitrogen and oxygen atoms in total. The number of hydrogen-bond acceptors (Lipinski definition) is 6. The van der Waals surface area contributed by atoms with E-state index in [2.05, 4.69) is 17.2 Å². The van der Waals surface area contributed by atoms with E-state index >= 15 is 0 Å². The maximum Gasteiger partial charge on any atom is 0.312 e. The topological polar surface area (TPSA) is 68.3 Å². The smallest absolute Gasteiger partial charge is 0.312 e. The number of nitrogens with one attached hydrogen (secondary N) is 1. The van der Waals surface area contributed by atoms with Gasteiger partial charge in [-0.05, 0) is 37.1 Å². The Hall–Kier alpha value is -1.73. The lowest BCUT2D eigenvalue weighted by molar-refractivity contribution is -0.154. The lowest BCUT2D eigenvalue weighted by Gasteiger charge is -2.30. The lowest BCUT2D eigenvalue weighted by atomic mass is 9.86. The largest absolute Gasteiger partial charge is 0.452 e. The molecule has 0 bridgehead atoms. The summed E-state index contributed by atoms with van der Waals surface area (Å²) in [6.45, 7) is 3.78. The summed E-state index contributed by atoms with van der Waals surface area (Å²) in [5.74, 6) is -0.165. The predicted octanol–water partition coefficient (Wildman–Crippen LogP) is 4.04. The summed E-state index contributed by atoms with van der Waals surface area (Å²) in [7, 11) is 0. The zero-order valence-electron chi connectivity index (χ0n) is 15.1. The van der Waals surface area contributed by atoms with Gasteiger partial charge in [-0.3, -0.25) is 9.59 Å². The fourth-order valence-electron chi connectivity index (χ4n) is 3.18. The number of ether oxygens (including phenoxy) is 1. The quantitative estimate of drug-likeness (QED) is 0.753. The number of carbonyl (C=O) groups is 2. The van der Waals surface area contributed by atoms with Gasteiger partial charge in [-0.25, -0.2) is 4.98 Å². The molecule has 0 unspecified atom stereocenters. The van der Waals surface area contributed by atoms with Gasteiger partial charge in [0, 0.05) is 22.4 Å². The van der Waals surface area contributed by atoms with Crippen LogP contribution in [0.25, 0.3) is 10.6 Å². The molecule has 7 heteroatoms. The van der Waals surface area contributed by atoms with E-state index in [1.54, 1.807) is 18.3 Å². The highest BCUT2D eigenvalue weighted by Crippen LogP contribution is 2.26. The summed E-state index contributed by atoms with van der Waals surface area (Å²) >= 11 is 3.12. The molecule has 0 radical (unpaired) electrons. The molecule has 1 aliphatic carbocycles. The van der Waals surface area contributed by atoms with Crippen LogP contribution in [0.3, 0.4) is 0 Å². The van der Waals surface area contributed by atoms with E-state index in [4.69, 9.17) is 4.74 Å². The molecular formula is C19H24N2O3S2. The molecule has 0 aliphatic heterocycles. The van der Waals surface area contributed by atoms with Gasteiger partial charge in [0.25, 0.3) is 5.91 Å². The van der Waals surface area contributed by atoms with E-state index in [0.717, 1.165) is 29.8 Å². The highest BCUT2D eigenvalue weighted by atomic mass is 32.1. The van der Waals surface area contributed by atoms with Crippen molar-refractivity contribution in [2.75, 3.05) is 0 Å². The second kappa shape index (κ2) is 8.77. The van der Waals surface area contributed by atoms with Crippen molar-refractivity contribution < 1.29 is 14.3 Å². The number of hydrogen-bond donors (Lipinski definition) is 1. The monoisotopic (exact) mass is 392 g/mol. The molecule has 2 heterocycles. The van der Waals surface area contributed by atoms with E-state index in [1.165, 1.54) is 17.8 Å². The van der Waals surface area contributed by atoms with Crippen molar-refractivity contribution in [1.82, 2.24) is 10.3 Å². The van der Waals surface area contributed by atoms with Crippen LogP contribution in [0, 0.1) is 5.92 Å². The number of thiophene rings is 1. The van der Waals surface area contributed by atoms with Gasteiger partial charge in [0.05, 0.1) is 12.1 Å². The summed E-state index contributed by atoms with van der Waals surface area (Å²) < 4.78 is 5.31. The average molecular weight is 393 g/mol. The van der Waals surface area contributed by atoms with Crippen LogP contribution in [-0.2, 0) is 20.7 Å². The molecule has 2 aromatic rings. The molecular weight excluding hydrogens is 368 g/mol. The Labute approximate surface area is 161 Å². The van der Waals surface area contributed by atoms with Crippen molar-refractivity contribution in [2.24, 2.45) is 5.92 Å². The zero-order chi connectivity index (χ0) is 18.5. The Morgan fingerprint density at radius 2 is 2.15 bits per heavy atom. The average Bonchev–Trinajstić information content (AvgIpc) is 3.28. The van der Waals surface area contributed by atoms with Gasteiger partial charge in [-0.1, -0.05) is 19.8 Å². The Balaban J connectivity index is 1.48.